The summed E-state index contributed by atoms with van der Waals surface area (Å²) in [6.07, 6.45) is 2.52. The highest BCUT2D eigenvalue weighted by Gasteiger charge is 2.31. The minimum Gasteiger partial charge on any atom is -0.357 e. The van der Waals surface area contributed by atoms with Crippen LogP contribution in [0.25, 0.3) is 0 Å². The number of hydrogen-bond acceptors (Lipinski definition) is 5. The van der Waals surface area contributed by atoms with Crippen LogP contribution in [-0.2, 0) is 0 Å². The van der Waals surface area contributed by atoms with Gasteiger partial charge in [0.2, 0.25) is 0 Å². The monoisotopic (exact) mass is 534 g/mol. The second kappa shape index (κ2) is 12.4. The van der Waals surface area contributed by atoms with E-state index in [9.17, 15) is 0 Å². The van der Waals surface area contributed by atoms with Crippen LogP contribution in [0.15, 0.2) is 22.5 Å². The fourth-order valence-corrected chi connectivity index (χ4v) is 5.43. The van der Waals surface area contributed by atoms with Crippen LogP contribution < -0.4 is 10.6 Å². The Hall–Kier alpha value is -0.420. The van der Waals surface area contributed by atoms with E-state index < -0.39 is 0 Å². The molecule has 0 saturated carbocycles. The Kier molecular flexibility index (Phi) is 10.7. The zero-order chi connectivity index (χ0) is 19.9. The first-order valence-corrected chi connectivity index (χ1v) is 11.6. The zero-order valence-corrected chi connectivity index (χ0v) is 21.6. The summed E-state index contributed by atoms with van der Waals surface area (Å²) in [5.74, 6) is 1.54. The Morgan fingerprint density at radius 1 is 1.17 bits per heavy atom. The van der Waals surface area contributed by atoms with Crippen LogP contribution in [0.3, 0.4) is 0 Å². The average molecular weight is 535 g/mol. The van der Waals surface area contributed by atoms with E-state index in [2.05, 4.69) is 70.9 Å². The first kappa shape index (κ1) is 24.8. The predicted molar refractivity (Wildman–Crippen MR) is 136 cm³/mol. The standard InChI is InChI=1S/C21H38N6S.HI/c1-5-22-21(24-15-18-16-25(2)11-12-26(18)3)23-14-17-8-6-10-27(4)20(17)19-9-7-13-28-19;/h7,9,13,17-18,20H,5-6,8,10-12,14-16H2,1-4H3,(H2,22,23,24);1H. The Morgan fingerprint density at radius 2 is 2.00 bits per heavy atom. The van der Waals surface area contributed by atoms with Gasteiger partial charge in [-0.2, -0.15) is 0 Å². The lowest BCUT2D eigenvalue weighted by molar-refractivity contribution is 0.116. The predicted octanol–water partition coefficient (Wildman–Crippen LogP) is 2.55. The fourth-order valence-electron chi connectivity index (χ4n) is 4.45. The maximum atomic E-state index is 5.00. The highest BCUT2D eigenvalue weighted by molar-refractivity contribution is 14.0. The van der Waals surface area contributed by atoms with Crippen LogP contribution in [0.1, 0.15) is 30.7 Å². The van der Waals surface area contributed by atoms with Gasteiger partial charge in [-0.3, -0.25) is 14.8 Å². The number of hydrogen-bond donors (Lipinski definition) is 2. The van der Waals surface area contributed by atoms with E-state index >= 15 is 0 Å². The number of nitrogens with one attached hydrogen (secondary N) is 2. The number of guanidine groups is 1. The van der Waals surface area contributed by atoms with Gasteiger partial charge in [0.15, 0.2) is 5.96 Å². The fraction of sp³-hybridized carbons (Fsp3) is 0.762. The van der Waals surface area contributed by atoms with Crippen molar-refractivity contribution < 1.29 is 0 Å². The quantitative estimate of drug-likeness (QED) is 0.334. The summed E-state index contributed by atoms with van der Waals surface area (Å²) in [6, 6.07) is 5.49. The molecule has 0 aromatic carbocycles. The van der Waals surface area contributed by atoms with Crippen molar-refractivity contribution in [2.24, 2.45) is 10.9 Å². The first-order chi connectivity index (χ1) is 13.6. The molecule has 0 radical (unpaired) electrons. The van der Waals surface area contributed by atoms with E-state index in [1.54, 1.807) is 0 Å². The lowest BCUT2D eigenvalue weighted by Crippen LogP contribution is -2.55. The molecule has 2 N–H and O–H groups in total. The van der Waals surface area contributed by atoms with Crippen LogP contribution in [0.4, 0.5) is 0 Å². The van der Waals surface area contributed by atoms with Crippen molar-refractivity contribution in [3.05, 3.63) is 22.4 Å². The minimum atomic E-state index is 0. The molecule has 0 bridgehead atoms. The van der Waals surface area contributed by atoms with Gasteiger partial charge in [0.1, 0.15) is 0 Å². The van der Waals surface area contributed by atoms with Crippen LogP contribution in [-0.4, -0.2) is 93.7 Å². The molecule has 0 amide bonds. The molecule has 3 unspecified atom stereocenters. The summed E-state index contributed by atoms with van der Waals surface area (Å²) in [5, 5.41) is 9.24. The van der Waals surface area contributed by atoms with Crippen molar-refractivity contribution in [1.82, 2.24) is 25.3 Å². The molecule has 3 rings (SSSR count). The number of thiophene rings is 1. The molecule has 0 aliphatic carbocycles. The van der Waals surface area contributed by atoms with Gasteiger partial charge in [-0.15, -0.1) is 35.3 Å². The van der Waals surface area contributed by atoms with Crippen LogP contribution >= 0.6 is 35.3 Å². The Balaban J connectivity index is 0.00000300. The molecule has 2 saturated heterocycles. The van der Waals surface area contributed by atoms with Crippen molar-refractivity contribution in [3.63, 3.8) is 0 Å². The van der Waals surface area contributed by atoms with Crippen molar-refractivity contribution >= 4 is 41.3 Å². The summed E-state index contributed by atoms with van der Waals surface area (Å²) >= 11 is 1.88. The lowest BCUT2D eigenvalue weighted by atomic mass is 9.88. The molecule has 1 aromatic rings. The van der Waals surface area contributed by atoms with E-state index in [1.807, 2.05) is 11.3 Å². The minimum absolute atomic E-state index is 0. The highest BCUT2D eigenvalue weighted by Crippen LogP contribution is 2.37. The maximum Gasteiger partial charge on any atom is 0.191 e. The molecular formula is C21H39IN6S. The van der Waals surface area contributed by atoms with E-state index in [-0.39, 0.29) is 24.0 Å². The highest BCUT2D eigenvalue weighted by atomic mass is 127. The van der Waals surface area contributed by atoms with Crippen molar-refractivity contribution in [2.45, 2.75) is 31.8 Å². The number of likely N-dealkylation sites (tertiary alicyclic amines) is 1. The number of halogens is 1. The van der Waals surface area contributed by atoms with E-state index in [0.29, 0.717) is 18.0 Å². The normalized spacial score (nSPS) is 27.4. The molecule has 2 aliphatic heterocycles. The maximum absolute atomic E-state index is 5.00. The third-order valence-electron chi connectivity index (χ3n) is 6.16. The number of likely N-dealkylation sites (N-methyl/N-ethyl adjacent to an activating group) is 2. The Morgan fingerprint density at radius 3 is 2.72 bits per heavy atom. The molecule has 1 aromatic heterocycles. The second-order valence-electron chi connectivity index (χ2n) is 8.34. The van der Waals surface area contributed by atoms with Crippen molar-refractivity contribution in [3.8, 4) is 0 Å². The largest absolute Gasteiger partial charge is 0.357 e. The average Bonchev–Trinajstić information content (AvgIpc) is 3.20. The van der Waals surface area contributed by atoms with Crippen LogP contribution in [0, 0.1) is 5.92 Å². The van der Waals surface area contributed by atoms with Gasteiger partial charge < -0.3 is 15.5 Å². The van der Waals surface area contributed by atoms with Crippen molar-refractivity contribution in [2.75, 3.05) is 67.0 Å². The van der Waals surface area contributed by atoms with Gasteiger partial charge in [0.05, 0.1) is 0 Å². The SMILES string of the molecule is CCNC(=NCC1CCCN(C)C1c1cccs1)NCC1CN(C)CCN1C.I. The summed E-state index contributed by atoms with van der Waals surface area (Å²) in [4.78, 5) is 13.9. The van der Waals surface area contributed by atoms with Gasteiger partial charge in [0.25, 0.3) is 0 Å². The molecular weight excluding hydrogens is 495 g/mol. The summed E-state index contributed by atoms with van der Waals surface area (Å²) in [5.41, 5.74) is 0. The second-order valence-corrected chi connectivity index (χ2v) is 9.32. The molecule has 3 heterocycles. The topological polar surface area (TPSA) is 46.1 Å². The number of piperazine rings is 1. The number of rotatable bonds is 6. The van der Waals surface area contributed by atoms with Gasteiger partial charge in [-0.05, 0) is 64.8 Å². The molecule has 6 nitrogen and oxygen atoms in total. The van der Waals surface area contributed by atoms with Gasteiger partial charge in [0, 0.05) is 56.2 Å². The van der Waals surface area contributed by atoms with E-state index in [1.165, 1.54) is 24.3 Å². The number of aliphatic imine (C=N–C) groups is 1. The van der Waals surface area contributed by atoms with Gasteiger partial charge in [-0.1, -0.05) is 6.07 Å². The first-order valence-electron chi connectivity index (χ1n) is 10.7. The summed E-state index contributed by atoms with van der Waals surface area (Å²) in [7, 11) is 6.70. The number of piperidine rings is 1. The summed E-state index contributed by atoms with van der Waals surface area (Å²) in [6.45, 7) is 9.42. The van der Waals surface area contributed by atoms with Gasteiger partial charge >= 0.3 is 0 Å². The van der Waals surface area contributed by atoms with Crippen molar-refractivity contribution in [1.29, 1.82) is 0 Å². The van der Waals surface area contributed by atoms with Crippen LogP contribution in [0.2, 0.25) is 0 Å². The van der Waals surface area contributed by atoms with E-state index in [0.717, 1.165) is 45.2 Å². The molecule has 0 spiro atoms. The molecule has 3 atom stereocenters. The molecule has 8 heteroatoms. The molecule has 166 valence electrons. The number of nitrogens with zero attached hydrogens (tertiary/aromatic N) is 4. The van der Waals surface area contributed by atoms with Gasteiger partial charge in [-0.25, -0.2) is 0 Å². The third-order valence-corrected chi connectivity index (χ3v) is 7.10. The lowest BCUT2D eigenvalue weighted by Gasteiger charge is -2.38. The smallest absolute Gasteiger partial charge is 0.191 e. The Bertz CT molecular complexity index is 610. The summed E-state index contributed by atoms with van der Waals surface area (Å²) < 4.78 is 0. The third kappa shape index (κ3) is 7.05. The molecule has 2 fully saturated rings. The zero-order valence-electron chi connectivity index (χ0n) is 18.4. The molecule has 2 aliphatic rings. The van der Waals surface area contributed by atoms with E-state index in [4.69, 9.17) is 4.99 Å². The van der Waals surface area contributed by atoms with Crippen LogP contribution in [0.5, 0.6) is 0 Å². The Labute approximate surface area is 198 Å². The molecule has 29 heavy (non-hydrogen) atoms.